The smallest absolute Gasteiger partial charge is 0.0794 e. The van der Waals surface area contributed by atoms with Gasteiger partial charge in [-0.2, -0.15) is 0 Å². The highest BCUT2D eigenvalue weighted by Crippen LogP contribution is 2.23. The molecule has 68 valence electrons. The van der Waals surface area contributed by atoms with Crippen molar-refractivity contribution in [2.45, 2.75) is 39.7 Å². The summed E-state index contributed by atoms with van der Waals surface area (Å²) in [6.45, 7) is 8.58. The van der Waals surface area contributed by atoms with Crippen molar-refractivity contribution >= 4 is 0 Å². The Labute approximate surface area is 69.8 Å². The molecule has 3 N–H and O–H groups in total. The van der Waals surface area contributed by atoms with Crippen LogP contribution in [0.5, 0.6) is 0 Å². The maximum Gasteiger partial charge on any atom is 0.0794 e. The first-order chi connectivity index (χ1) is 4.92. The molecule has 0 bridgehead atoms. The molecule has 0 amide bonds. The summed E-state index contributed by atoms with van der Waals surface area (Å²) >= 11 is 0. The second-order valence-electron chi connectivity index (χ2n) is 4.06. The van der Waals surface area contributed by atoms with Gasteiger partial charge in [-0.15, -0.1) is 0 Å². The molecule has 0 aromatic rings. The second-order valence-corrected chi connectivity index (χ2v) is 4.06. The van der Waals surface area contributed by atoms with E-state index in [0.29, 0.717) is 12.5 Å². The third kappa shape index (κ3) is 3.21. The molecule has 1 unspecified atom stereocenters. The molecule has 2 nitrogen and oxygen atoms in total. The van der Waals surface area contributed by atoms with E-state index in [-0.39, 0.29) is 5.92 Å². The van der Waals surface area contributed by atoms with Crippen LogP contribution in [-0.2, 0) is 0 Å². The van der Waals surface area contributed by atoms with E-state index in [1.54, 1.807) is 0 Å². The molecule has 2 heteroatoms. The third-order valence-electron chi connectivity index (χ3n) is 2.19. The predicted molar refractivity (Wildman–Crippen MR) is 48.3 cm³/mol. The molecule has 0 radical (unpaired) electrons. The third-order valence-corrected chi connectivity index (χ3v) is 2.19. The number of aliphatic hydroxyl groups is 1. The Morgan fingerprint density at radius 2 is 1.73 bits per heavy atom. The molecule has 0 aromatic heterocycles. The van der Waals surface area contributed by atoms with Gasteiger partial charge >= 0.3 is 0 Å². The fourth-order valence-electron chi connectivity index (χ4n) is 1.26. The van der Waals surface area contributed by atoms with Crippen molar-refractivity contribution in [2.75, 3.05) is 6.54 Å². The maximum atomic E-state index is 9.94. The maximum absolute atomic E-state index is 9.94. The Bertz CT molecular complexity index is 112. The van der Waals surface area contributed by atoms with Gasteiger partial charge in [0, 0.05) is 6.54 Å². The van der Waals surface area contributed by atoms with Gasteiger partial charge in [0.15, 0.2) is 0 Å². The van der Waals surface area contributed by atoms with Gasteiger partial charge in [-0.05, 0) is 18.3 Å². The summed E-state index contributed by atoms with van der Waals surface area (Å²) in [6.07, 6.45) is 0.793. The SMILES string of the molecule is CC(C)CC(O)(CN)C(C)C. The van der Waals surface area contributed by atoms with Gasteiger partial charge in [0.2, 0.25) is 0 Å². The first-order valence-corrected chi connectivity index (χ1v) is 4.35. The fourth-order valence-corrected chi connectivity index (χ4v) is 1.26. The number of hydrogen-bond donors (Lipinski definition) is 2. The monoisotopic (exact) mass is 159 g/mol. The number of rotatable bonds is 4. The van der Waals surface area contributed by atoms with Crippen LogP contribution in [0.1, 0.15) is 34.1 Å². The van der Waals surface area contributed by atoms with Crippen LogP contribution in [0.25, 0.3) is 0 Å². The van der Waals surface area contributed by atoms with Crippen molar-refractivity contribution in [3.05, 3.63) is 0 Å². The van der Waals surface area contributed by atoms with E-state index in [9.17, 15) is 5.11 Å². The largest absolute Gasteiger partial charge is 0.388 e. The van der Waals surface area contributed by atoms with Gasteiger partial charge in [-0.1, -0.05) is 27.7 Å². The van der Waals surface area contributed by atoms with E-state index in [0.717, 1.165) is 6.42 Å². The molecular weight excluding hydrogens is 138 g/mol. The van der Waals surface area contributed by atoms with Crippen LogP contribution < -0.4 is 5.73 Å². The summed E-state index contributed by atoms with van der Waals surface area (Å²) in [7, 11) is 0. The molecule has 0 fully saturated rings. The van der Waals surface area contributed by atoms with E-state index in [1.807, 2.05) is 13.8 Å². The molecular formula is C9H21NO. The molecule has 0 aliphatic heterocycles. The summed E-state index contributed by atoms with van der Waals surface area (Å²) in [5.74, 6) is 0.751. The molecule has 0 aliphatic carbocycles. The van der Waals surface area contributed by atoms with E-state index < -0.39 is 5.60 Å². The molecule has 11 heavy (non-hydrogen) atoms. The van der Waals surface area contributed by atoms with Crippen LogP contribution in [0, 0.1) is 11.8 Å². The number of hydrogen-bond acceptors (Lipinski definition) is 2. The zero-order valence-corrected chi connectivity index (χ0v) is 8.09. The van der Waals surface area contributed by atoms with Crippen LogP contribution in [0.3, 0.4) is 0 Å². The average molecular weight is 159 g/mol. The lowest BCUT2D eigenvalue weighted by Crippen LogP contribution is -2.43. The van der Waals surface area contributed by atoms with Gasteiger partial charge in [-0.25, -0.2) is 0 Å². The minimum absolute atomic E-state index is 0.245. The van der Waals surface area contributed by atoms with Crippen LogP contribution in [0.15, 0.2) is 0 Å². The molecule has 1 atom stereocenters. The van der Waals surface area contributed by atoms with Crippen molar-refractivity contribution in [3.63, 3.8) is 0 Å². The first-order valence-electron chi connectivity index (χ1n) is 4.35. The topological polar surface area (TPSA) is 46.2 Å². The Morgan fingerprint density at radius 1 is 1.27 bits per heavy atom. The lowest BCUT2D eigenvalue weighted by molar-refractivity contribution is -0.0146. The normalized spacial score (nSPS) is 17.5. The Hall–Kier alpha value is -0.0800. The van der Waals surface area contributed by atoms with Crippen LogP contribution in [-0.4, -0.2) is 17.3 Å². The second kappa shape index (κ2) is 4.07. The van der Waals surface area contributed by atoms with E-state index in [1.165, 1.54) is 0 Å². The minimum atomic E-state index is -0.659. The minimum Gasteiger partial charge on any atom is -0.388 e. The summed E-state index contributed by atoms with van der Waals surface area (Å²) in [5.41, 5.74) is 4.85. The fraction of sp³-hybridized carbons (Fsp3) is 1.00. The van der Waals surface area contributed by atoms with E-state index in [2.05, 4.69) is 13.8 Å². The quantitative estimate of drug-likeness (QED) is 0.651. The Balaban J connectivity index is 4.10. The van der Waals surface area contributed by atoms with Gasteiger partial charge in [-0.3, -0.25) is 0 Å². The van der Waals surface area contributed by atoms with Crippen LogP contribution >= 0.6 is 0 Å². The zero-order valence-electron chi connectivity index (χ0n) is 8.09. The van der Waals surface area contributed by atoms with Crippen molar-refractivity contribution in [3.8, 4) is 0 Å². The molecule has 0 spiro atoms. The molecule has 0 aliphatic rings. The first kappa shape index (κ1) is 10.9. The average Bonchev–Trinajstić information content (AvgIpc) is 1.86. The number of nitrogens with two attached hydrogens (primary N) is 1. The lowest BCUT2D eigenvalue weighted by atomic mass is 9.83. The summed E-state index contributed by atoms with van der Waals surface area (Å²) in [6, 6.07) is 0. The van der Waals surface area contributed by atoms with Gasteiger partial charge < -0.3 is 10.8 Å². The molecule has 0 rings (SSSR count). The van der Waals surface area contributed by atoms with Crippen molar-refractivity contribution in [1.29, 1.82) is 0 Å². The van der Waals surface area contributed by atoms with Crippen LogP contribution in [0.2, 0.25) is 0 Å². The van der Waals surface area contributed by atoms with Crippen LogP contribution in [0.4, 0.5) is 0 Å². The Kier molecular flexibility index (Phi) is 4.04. The predicted octanol–water partition coefficient (Wildman–Crippen LogP) is 1.38. The van der Waals surface area contributed by atoms with Crippen molar-refractivity contribution in [1.82, 2.24) is 0 Å². The van der Waals surface area contributed by atoms with Gasteiger partial charge in [0.25, 0.3) is 0 Å². The van der Waals surface area contributed by atoms with Gasteiger partial charge in [0.1, 0.15) is 0 Å². The zero-order chi connectivity index (χ0) is 9.07. The highest BCUT2D eigenvalue weighted by atomic mass is 16.3. The van der Waals surface area contributed by atoms with Gasteiger partial charge in [0.05, 0.1) is 5.60 Å². The summed E-state index contributed by atoms with van der Waals surface area (Å²) < 4.78 is 0. The lowest BCUT2D eigenvalue weighted by Gasteiger charge is -2.32. The van der Waals surface area contributed by atoms with E-state index >= 15 is 0 Å². The van der Waals surface area contributed by atoms with Crippen molar-refractivity contribution in [2.24, 2.45) is 17.6 Å². The summed E-state index contributed by atoms with van der Waals surface area (Å²) in [5, 5.41) is 9.94. The van der Waals surface area contributed by atoms with E-state index in [4.69, 9.17) is 5.73 Å². The molecule has 0 saturated carbocycles. The summed E-state index contributed by atoms with van der Waals surface area (Å²) in [4.78, 5) is 0. The molecule has 0 saturated heterocycles. The standard InChI is InChI=1S/C9H21NO/c1-7(2)5-9(11,6-10)8(3)4/h7-8,11H,5-6,10H2,1-4H3. The Morgan fingerprint density at radius 3 is 1.82 bits per heavy atom. The van der Waals surface area contributed by atoms with Crippen molar-refractivity contribution < 1.29 is 5.11 Å². The highest BCUT2D eigenvalue weighted by molar-refractivity contribution is 4.83. The molecule has 0 aromatic carbocycles. The highest BCUT2D eigenvalue weighted by Gasteiger charge is 2.29. The molecule has 0 heterocycles.